The van der Waals surface area contributed by atoms with Gasteiger partial charge in [-0.1, -0.05) is 12.1 Å². The molecule has 0 aliphatic rings. The minimum absolute atomic E-state index is 0.137. The van der Waals surface area contributed by atoms with Crippen molar-refractivity contribution in [3.8, 4) is 11.3 Å². The van der Waals surface area contributed by atoms with E-state index in [1.165, 1.54) is 31.2 Å². The molecular weight excluding hydrogens is 339 g/mol. The fraction of sp³-hybridized carbons (Fsp3) is 0.125. The van der Waals surface area contributed by atoms with Crippen LogP contribution in [0.25, 0.3) is 22.4 Å². The summed E-state index contributed by atoms with van der Waals surface area (Å²) in [6, 6.07) is 7.65. The van der Waals surface area contributed by atoms with Crippen molar-refractivity contribution in [3.63, 3.8) is 0 Å². The Balaban J connectivity index is 1.87. The number of alkyl halides is 3. The maximum Gasteiger partial charge on any atom is 0.416 e. The number of aromatic nitrogens is 1. The highest BCUT2D eigenvalue weighted by molar-refractivity contribution is 5.98. The lowest BCUT2D eigenvalue weighted by molar-refractivity contribution is -0.137. The van der Waals surface area contributed by atoms with Crippen LogP contribution in [-0.4, -0.2) is 16.8 Å². The second-order valence-corrected chi connectivity index (χ2v) is 5.29. The first-order valence-corrected chi connectivity index (χ1v) is 7.11. The molecule has 3 aromatic rings. The van der Waals surface area contributed by atoms with Crippen molar-refractivity contribution >= 4 is 22.9 Å². The van der Waals surface area contributed by atoms with Crippen LogP contribution in [0.4, 0.5) is 13.2 Å². The highest BCUT2D eigenvalue weighted by Crippen LogP contribution is 2.34. The monoisotopic (exact) mass is 351 g/mol. The molecule has 2 amide bonds. The number of benzene rings is 1. The average Bonchev–Trinajstić information content (AvgIpc) is 3.10. The number of hydrazine groups is 1. The minimum Gasteiger partial charge on any atom is -0.454 e. The minimum atomic E-state index is -4.45. The van der Waals surface area contributed by atoms with E-state index in [0.717, 1.165) is 12.1 Å². The molecule has 9 heteroatoms. The highest BCUT2D eigenvalue weighted by Gasteiger charge is 2.30. The average molecular weight is 351 g/mol. The zero-order valence-electron chi connectivity index (χ0n) is 12.8. The van der Waals surface area contributed by atoms with Crippen molar-refractivity contribution < 1.29 is 27.2 Å². The summed E-state index contributed by atoms with van der Waals surface area (Å²) < 4.78 is 43.9. The lowest BCUT2D eigenvalue weighted by Gasteiger charge is -2.07. The summed E-state index contributed by atoms with van der Waals surface area (Å²) in [6.45, 7) is 1.24. The Morgan fingerprint density at radius 1 is 1.12 bits per heavy atom. The molecule has 0 spiro atoms. The smallest absolute Gasteiger partial charge is 0.416 e. The number of carbonyl (C=O) groups is 2. The maximum absolute atomic E-state index is 12.8. The SMILES string of the molecule is CC(=O)NNC(=O)c1cc2oc(-c3cccc(C(F)(F)F)c3)cc2[nH]1. The van der Waals surface area contributed by atoms with Gasteiger partial charge in [-0.25, -0.2) is 0 Å². The van der Waals surface area contributed by atoms with Crippen LogP contribution in [-0.2, 0) is 11.0 Å². The fourth-order valence-electron chi connectivity index (χ4n) is 2.25. The summed E-state index contributed by atoms with van der Waals surface area (Å²) in [5.41, 5.74) is 4.70. The van der Waals surface area contributed by atoms with Crippen LogP contribution in [0, 0.1) is 0 Å². The van der Waals surface area contributed by atoms with E-state index < -0.39 is 23.6 Å². The van der Waals surface area contributed by atoms with Gasteiger partial charge < -0.3 is 9.40 Å². The van der Waals surface area contributed by atoms with Crippen molar-refractivity contribution in [2.75, 3.05) is 0 Å². The molecule has 0 aliphatic carbocycles. The molecule has 25 heavy (non-hydrogen) atoms. The first kappa shape index (κ1) is 16.6. The first-order chi connectivity index (χ1) is 11.7. The molecular formula is C16H12F3N3O3. The molecule has 1 aromatic carbocycles. The van der Waals surface area contributed by atoms with Crippen molar-refractivity contribution in [2.24, 2.45) is 0 Å². The van der Waals surface area contributed by atoms with Gasteiger partial charge in [-0.05, 0) is 12.1 Å². The Morgan fingerprint density at radius 3 is 2.52 bits per heavy atom. The van der Waals surface area contributed by atoms with Gasteiger partial charge in [-0.2, -0.15) is 13.2 Å². The van der Waals surface area contributed by atoms with Crippen molar-refractivity contribution in [1.29, 1.82) is 0 Å². The molecule has 130 valence electrons. The summed E-state index contributed by atoms with van der Waals surface area (Å²) in [5.74, 6) is -0.779. The van der Waals surface area contributed by atoms with E-state index in [1.54, 1.807) is 0 Å². The van der Waals surface area contributed by atoms with Crippen LogP contribution in [0.5, 0.6) is 0 Å². The normalized spacial score (nSPS) is 11.5. The third-order valence-electron chi connectivity index (χ3n) is 3.38. The Labute approximate surface area is 139 Å². The molecule has 3 N–H and O–H groups in total. The summed E-state index contributed by atoms with van der Waals surface area (Å²) >= 11 is 0. The number of nitrogens with one attached hydrogen (secondary N) is 3. The summed E-state index contributed by atoms with van der Waals surface area (Å²) in [5, 5.41) is 0. The van der Waals surface area contributed by atoms with Gasteiger partial charge in [0.15, 0.2) is 5.58 Å². The standard InChI is InChI=1S/C16H12F3N3O3/c1-8(23)21-22-15(24)12-7-14-11(20-12)6-13(25-14)9-3-2-4-10(5-9)16(17,18)19/h2-7,20H,1H3,(H,21,23)(H,22,24). The van der Waals surface area contributed by atoms with E-state index in [9.17, 15) is 22.8 Å². The van der Waals surface area contributed by atoms with Gasteiger partial charge in [0.25, 0.3) is 5.91 Å². The summed E-state index contributed by atoms with van der Waals surface area (Å²) in [7, 11) is 0. The number of hydrogen-bond donors (Lipinski definition) is 3. The molecule has 2 heterocycles. The second-order valence-electron chi connectivity index (χ2n) is 5.29. The number of fused-ring (bicyclic) bond motifs is 1. The van der Waals surface area contributed by atoms with Gasteiger partial charge >= 0.3 is 6.18 Å². The lowest BCUT2D eigenvalue weighted by atomic mass is 10.1. The topological polar surface area (TPSA) is 87.1 Å². The number of hydrogen-bond acceptors (Lipinski definition) is 3. The predicted octanol–water partition coefficient (Wildman–Crippen LogP) is 3.23. The Bertz CT molecular complexity index is 925. The van der Waals surface area contributed by atoms with E-state index in [1.807, 2.05) is 0 Å². The maximum atomic E-state index is 12.8. The number of furan rings is 1. The third kappa shape index (κ3) is 3.49. The molecule has 0 unspecified atom stereocenters. The van der Waals surface area contributed by atoms with E-state index >= 15 is 0 Å². The Kier molecular flexibility index (Phi) is 3.99. The quantitative estimate of drug-likeness (QED) is 0.620. The molecule has 0 fully saturated rings. The van der Waals surface area contributed by atoms with Gasteiger partial charge in [0.05, 0.1) is 11.1 Å². The largest absolute Gasteiger partial charge is 0.454 e. The van der Waals surface area contributed by atoms with Gasteiger partial charge in [-0.15, -0.1) is 0 Å². The number of halogens is 3. The zero-order chi connectivity index (χ0) is 18.2. The molecule has 0 atom stereocenters. The number of H-pyrrole nitrogens is 1. The third-order valence-corrected chi connectivity index (χ3v) is 3.38. The van der Waals surface area contributed by atoms with Crippen molar-refractivity contribution in [1.82, 2.24) is 15.8 Å². The van der Waals surface area contributed by atoms with Gasteiger partial charge in [0, 0.05) is 24.6 Å². The number of amides is 2. The molecule has 2 aromatic heterocycles. The number of carbonyl (C=O) groups excluding carboxylic acids is 2. The Morgan fingerprint density at radius 2 is 1.88 bits per heavy atom. The van der Waals surface area contributed by atoms with Crippen LogP contribution in [0.1, 0.15) is 23.0 Å². The molecule has 0 radical (unpaired) electrons. The van der Waals surface area contributed by atoms with Gasteiger partial charge in [0.2, 0.25) is 5.91 Å². The Hall–Kier alpha value is -3.23. The van der Waals surface area contributed by atoms with Gasteiger partial charge in [0.1, 0.15) is 11.5 Å². The fourth-order valence-corrected chi connectivity index (χ4v) is 2.25. The molecule has 3 rings (SSSR count). The van der Waals surface area contributed by atoms with Crippen LogP contribution in [0.15, 0.2) is 40.8 Å². The molecule has 0 aliphatic heterocycles. The van der Waals surface area contributed by atoms with Crippen molar-refractivity contribution in [2.45, 2.75) is 13.1 Å². The van der Waals surface area contributed by atoms with Gasteiger partial charge in [-0.3, -0.25) is 20.4 Å². The summed E-state index contributed by atoms with van der Waals surface area (Å²) in [6.07, 6.45) is -4.45. The molecule has 0 saturated heterocycles. The van der Waals surface area contributed by atoms with E-state index in [-0.39, 0.29) is 17.0 Å². The van der Waals surface area contributed by atoms with Crippen LogP contribution >= 0.6 is 0 Å². The zero-order valence-corrected chi connectivity index (χ0v) is 12.8. The second kappa shape index (κ2) is 6.00. The van der Waals surface area contributed by atoms with Crippen LogP contribution in [0.3, 0.4) is 0 Å². The molecule has 0 saturated carbocycles. The summed E-state index contributed by atoms with van der Waals surface area (Å²) in [4.78, 5) is 25.3. The molecule has 6 nitrogen and oxygen atoms in total. The predicted molar refractivity (Wildman–Crippen MR) is 82.3 cm³/mol. The first-order valence-electron chi connectivity index (χ1n) is 7.11. The van der Waals surface area contributed by atoms with E-state index in [2.05, 4.69) is 15.8 Å². The van der Waals surface area contributed by atoms with Crippen molar-refractivity contribution in [3.05, 3.63) is 47.7 Å². The number of aromatic amines is 1. The van der Waals surface area contributed by atoms with Crippen LogP contribution < -0.4 is 10.9 Å². The highest BCUT2D eigenvalue weighted by atomic mass is 19.4. The molecule has 0 bridgehead atoms. The van der Waals surface area contributed by atoms with E-state index in [0.29, 0.717) is 11.1 Å². The van der Waals surface area contributed by atoms with E-state index in [4.69, 9.17) is 4.42 Å². The lowest BCUT2D eigenvalue weighted by Crippen LogP contribution is -2.40. The van der Waals surface area contributed by atoms with Crippen LogP contribution in [0.2, 0.25) is 0 Å². The number of rotatable bonds is 2.